The first-order valence-corrected chi connectivity index (χ1v) is 12.8. The molecule has 2 unspecified atom stereocenters. The lowest BCUT2D eigenvalue weighted by molar-refractivity contribution is -0.140. The molecule has 0 saturated carbocycles. The number of urea groups is 1. The van der Waals surface area contributed by atoms with E-state index in [0.29, 0.717) is 45.6 Å². The molecule has 3 amide bonds. The van der Waals surface area contributed by atoms with E-state index in [1.165, 1.54) is 21.6 Å². The van der Waals surface area contributed by atoms with Crippen molar-refractivity contribution in [1.82, 2.24) is 10.2 Å². The van der Waals surface area contributed by atoms with Crippen molar-refractivity contribution in [1.29, 1.82) is 0 Å². The normalized spacial score (nSPS) is 17.6. The molecule has 2 aliphatic rings. The average Bonchev–Trinajstić information content (AvgIpc) is 2.88. The van der Waals surface area contributed by atoms with E-state index in [1.807, 2.05) is 12.1 Å². The van der Waals surface area contributed by atoms with Crippen LogP contribution in [0.1, 0.15) is 25.7 Å². The van der Waals surface area contributed by atoms with Crippen LogP contribution in [0.15, 0.2) is 46.2 Å². The Morgan fingerprint density at radius 3 is 2.58 bits per heavy atom. The number of halogens is 3. The first-order chi connectivity index (χ1) is 17.2. The van der Waals surface area contributed by atoms with Crippen LogP contribution < -0.4 is 10.2 Å². The highest BCUT2D eigenvalue weighted by molar-refractivity contribution is 8.00. The first kappa shape index (κ1) is 26.2. The predicted molar refractivity (Wildman–Crippen MR) is 134 cm³/mol. The number of carbonyl (C=O) groups excluding carboxylic acids is 3. The van der Waals surface area contributed by atoms with Gasteiger partial charge in [0.2, 0.25) is 5.91 Å². The van der Waals surface area contributed by atoms with Crippen LogP contribution in [0.2, 0.25) is 10.0 Å². The first-order valence-electron chi connectivity index (χ1n) is 11.2. The van der Waals surface area contributed by atoms with Crippen LogP contribution in [-0.2, 0) is 14.4 Å². The Hall–Kier alpha value is -2.82. The molecule has 8 nitrogen and oxygen atoms in total. The van der Waals surface area contributed by atoms with Gasteiger partial charge < -0.3 is 15.3 Å². The van der Waals surface area contributed by atoms with Crippen molar-refractivity contribution < 1.29 is 28.7 Å². The lowest BCUT2D eigenvalue weighted by Crippen LogP contribution is -2.57. The molecule has 0 spiro atoms. The number of nitrogens with zero attached hydrogens (tertiary/aromatic N) is 2. The van der Waals surface area contributed by atoms with Crippen LogP contribution >= 0.6 is 35.0 Å². The minimum Gasteiger partial charge on any atom is -0.481 e. The minimum atomic E-state index is -1.52. The SMILES string of the molecule is O=C(O)CC(NC(=O)C1CCCCN1C(=O)N1c2ccccc2Sc2c1ccc(Cl)c2Cl)C(=O)CF. The second-order valence-electron chi connectivity index (χ2n) is 8.36. The number of anilines is 2. The molecule has 190 valence electrons. The number of Topliss-reactive ketones (excluding diaryl/α,β-unsaturated/α-hetero) is 1. The van der Waals surface area contributed by atoms with Gasteiger partial charge in [-0.2, -0.15) is 0 Å². The zero-order valence-electron chi connectivity index (χ0n) is 18.9. The molecule has 0 aromatic heterocycles. The van der Waals surface area contributed by atoms with Crippen LogP contribution in [0, 0.1) is 0 Å². The van der Waals surface area contributed by atoms with Crippen molar-refractivity contribution in [3.05, 3.63) is 46.4 Å². The van der Waals surface area contributed by atoms with Gasteiger partial charge in [0.15, 0.2) is 5.78 Å². The van der Waals surface area contributed by atoms with Gasteiger partial charge in [0.05, 0.1) is 32.7 Å². The van der Waals surface area contributed by atoms with E-state index in [-0.39, 0.29) is 6.54 Å². The smallest absolute Gasteiger partial charge is 0.329 e. The number of piperidine rings is 1. The Bertz CT molecular complexity index is 1230. The molecule has 1 saturated heterocycles. The molecule has 1 fully saturated rings. The van der Waals surface area contributed by atoms with Gasteiger partial charge in [-0.3, -0.25) is 19.3 Å². The summed E-state index contributed by atoms with van der Waals surface area (Å²) in [6.07, 6.45) is 0.848. The molecule has 0 aliphatic carbocycles. The van der Waals surface area contributed by atoms with Gasteiger partial charge in [-0.15, -0.1) is 0 Å². The van der Waals surface area contributed by atoms with Gasteiger partial charge >= 0.3 is 12.0 Å². The second-order valence-corrected chi connectivity index (χ2v) is 10.2. The number of benzene rings is 2. The van der Waals surface area contributed by atoms with Crippen molar-refractivity contribution in [2.24, 2.45) is 0 Å². The molecule has 0 radical (unpaired) electrons. The van der Waals surface area contributed by atoms with E-state index in [4.69, 9.17) is 28.3 Å². The zero-order chi connectivity index (χ0) is 26.0. The van der Waals surface area contributed by atoms with Crippen LogP contribution in [0.5, 0.6) is 0 Å². The molecule has 2 aromatic carbocycles. The highest BCUT2D eigenvalue weighted by Crippen LogP contribution is 2.52. The zero-order valence-corrected chi connectivity index (χ0v) is 21.2. The molecular weight excluding hydrogens is 532 g/mol. The van der Waals surface area contributed by atoms with E-state index >= 15 is 0 Å². The molecule has 0 bridgehead atoms. The summed E-state index contributed by atoms with van der Waals surface area (Å²) in [5.41, 5.74) is 1.12. The van der Waals surface area contributed by atoms with E-state index in [9.17, 15) is 23.6 Å². The van der Waals surface area contributed by atoms with Gasteiger partial charge in [0.1, 0.15) is 18.8 Å². The summed E-state index contributed by atoms with van der Waals surface area (Å²) < 4.78 is 13.0. The number of para-hydroxylation sites is 1. The predicted octanol–water partition coefficient (Wildman–Crippen LogP) is 5.07. The number of hydrogen-bond acceptors (Lipinski definition) is 5. The number of carboxylic acid groups (broad SMARTS) is 1. The summed E-state index contributed by atoms with van der Waals surface area (Å²) in [5.74, 6) is -3.10. The Morgan fingerprint density at radius 2 is 1.86 bits per heavy atom. The molecule has 2 aliphatic heterocycles. The van der Waals surface area contributed by atoms with Gasteiger partial charge in [-0.05, 0) is 43.5 Å². The number of likely N-dealkylation sites (tertiary alicyclic amines) is 1. The summed E-state index contributed by atoms with van der Waals surface area (Å²) in [6.45, 7) is -1.14. The Kier molecular flexibility index (Phi) is 8.07. The van der Waals surface area contributed by atoms with Gasteiger partial charge in [0.25, 0.3) is 0 Å². The molecular formula is C24H22Cl2FN3O5S. The fourth-order valence-corrected chi connectivity index (χ4v) is 5.89. The molecule has 4 rings (SSSR count). The lowest BCUT2D eigenvalue weighted by atomic mass is 10.0. The lowest BCUT2D eigenvalue weighted by Gasteiger charge is -2.40. The molecule has 36 heavy (non-hydrogen) atoms. The number of rotatable bonds is 6. The number of alkyl halides is 1. The maximum Gasteiger partial charge on any atom is 0.329 e. The third kappa shape index (κ3) is 5.16. The van der Waals surface area contributed by atoms with E-state index in [0.717, 1.165) is 4.90 Å². The standard InChI is InChI=1S/C24H22Cl2FN3O5S/c25-13-8-9-16-22(21(13)26)36-19-7-2-1-5-15(19)30(16)24(35)29-10-4-3-6-17(29)23(34)28-14(11-20(32)33)18(31)12-27/h1-2,5,7-9,14,17H,3-4,6,10-12H2,(H,28,34)(H,32,33). The summed E-state index contributed by atoms with van der Waals surface area (Å²) in [4.78, 5) is 54.5. The number of fused-ring (bicyclic) bond motifs is 2. The van der Waals surface area contributed by atoms with Crippen molar-refractivity contribution in [2.75, 3.05) is 18.1 Å². The maximum atomic E-state index is 14.0. The molecule has 2 N–H and O–H groups in total. The highest BCUT2D eigenvalue weighted by Gasteiger charge is 2.39. The van der Waals surface area contributed by atoms with Crippen molar-refractivity contribution in [3.8, 4) is 0 Å². The number of hydrogen-bond donors (Lipinski definition) is 2. The van der Waals surface area contributed by atoms with Crippen LogP contribution in [0.3, 0.4) is 0 Å². The maximum absolute atomic E-state index is 14.0. The Balaban J connectivity index is 1.68. The van der Waals surface area contributed by atoms with Crippen LogP contribution in [-0.4, -0.2) is 59.0 Å². The van der Waals surface area contributed by atoms with Gasteiger partial charge in [-0.1, -0.05) is 47.1 Å². The van der Waals surface area contributed by atoms with Gasteiger partial charge in [0, 0.05) is 11.4 Å². The van der Waals surface area contributed by atoms with Crippen LogP contribution in [0.25, 0.3) is 0 Å². The molecule has 12 heteroatoms. The summed E-state index contributed by atoms with van der Waals surface area (Å²) in [5, 5.41) is 12.1. The number of nitrogens with one attached hydrogen (secondary N) is 1. The fraction of sp³-hybridized carbons (Fsp3) is 0.333. The minimum absolute atomic E-state index is 0.264. The molecule has 2 heterocycles. The second kappa shape index (κ2) is 11.1. The topological polar surface area (TPSA) is 107 Å². The number of carboxylic acids is 1. The van der Waals surface area contributed by atoms with Crippen molar-refractivity contribution >= 4 is 70.0 Å². The quantitative estimate of drug-likeness (QED) is 0.517. The third-order valence-corrected chi connectivity index (χ3v) is 8.15. The van der Waals surface area contributed by atoms with Crippen LogP contribution in [0.4, 0.5) is 20.6 Å². The number of carbonyl (C=O) groups is 4. The number of amides is 3. The third-order valence-electron chi connectivity index (χ3n) is 6.05. The Labute approximate surface area is 220 Å². The summed E-state index contributed by atoms with van der Waals surface area (Å²) in [7, 11) is 0. The number of aliphatic carboxylic acids is 1. The monoisotopic (exact) mass is 553 g/mol. The fourth-order valence-electron chi connectivity index (χ4n) is 4.31. The summed E-state index contributed by atoms with van der Waals surface area (Å²) >= 11 is 14.1. The van der Waals surface area contributed by atoms with E-state index < -0.39 is 48.9 Å². The summed E-state index contributed by atoms with van der Waals surface area (Å²) in [6, 6.07) is 7.57. The molecule has 2 aromatic rings. The van der Waals surface area contributed by atoms with E-state index in [2.05, 4.69) is 5.32 Å². The largest absolute Gasteiger partial charge is 0.481 e. The molecule has 2 atom stereocenters. The van der Waals surface area contributed by atoms with Crippen molar-refractivity contribution in [3.63, 3.8) is 0 Å². The highest BCUT2D eigenvalue weighted by atomic mass is 35.5. The van der Waals surface area contributed by atoms with E-state index in [1.54, 1.807) is 24.3 Å². The van der Waals surface area contributed by atoms with Gasteiger partial charge in [-0.25, -0.2) is 9.18 Å². The Morgan fingerprint density at radius 1 is 1.11 bits per heavy atom. The average molecular weight is 554 g/mol. The van der Waals surface area contributed by atoms with Crippen molar-refractivity contribution in [2.45, 2.75) is 47.6 Å². The number of ketones is 1.